The van der Waals surface area contributed by atoms with Gasteiger partial charge in [0.05, 0.1) is 0 Å². The summed E-state index contributed by atoms with van der Waals surface area (Å²) >= 11 is 0. The molecule has 2 saturated carbocycles. The van der Waals surface area contributed by atoms with Crippen molar-refractivity contribution in [1.82, 2.24) is 10.2 Å². The van der Waals surface area contributed by atoms with Crippen LogP contribution >= 0.6 is 0 Å². The van der Waals surface area contributed by atoms with E-state index in [1.165, 1.54) is 51.4 Å². The van der Waals surface area contributed by atoms with E-state index in [9.17, 15) is 0 Å². The molecule has 0 aromatic carbocycles. The summed E-state index contributed by atoms with van der Waals surface area (Å²) in [6.45, 7) is 5.74. The molecule has 0 heterocycles. The molecule has 3 atom stereocenters. The number of rotatable bonds is 5. The summed E-state index contributed by atoms with van der Waals surface area (Å²) in [5.74, 6) is 0.966. The van der Waals surface area contributed by atoms with Crippen LogP contribution in [0.5, 0.6) is 0 Å². The number of hydrogen-bond donors (Lipinski definition) is 1. The maximum absolute atomic E-state index is 3.74. The largest absolute Gasteiger partial charge is 0.313 e. The van der Waals surface area contributed by atoms with E-state index < -0.39 is 0 Å². The van der Waals surface area contributed by atoms with E-state index >= 15 is 0 Å². The Hall–Kier alpha value is -0.0800. The van der Waals surface area contributed by atoms with Crippen molar-refractivity contribution in [2.45, 2.75) is 83.3 Å². The molecule has 18 heavy (non-hydrogen) atoms. The Kier molecular flexibility index (Phi) is 5.50. The molecule has 106 valence electrons. The zero-order valence-corrected chi connectivity index (χ0v) is 12.6. The summed E-state index contributed by atoms with van der Waals surface area (Å²) in [6.07, 6.45) is 11.4. The molecule has 2 aliphatic carbocycles. The predicted molar refractivity (Wildman–Crippen MR) is 78.9 cm³/mol. The van der Waals surface area contributed by atoms with Gasteiger partial charge in [0, 0.05) is 18.1 Å². The van der Waals surface area contributed by atoms with E-state index in [1.54, 1.807) is 0 Å². The summed E-state index contributed by atoms with van der Waals surface area (Å²) in [5.41, 5.74) is 0. The molecular weight excluding hydrogens is 220 g/mol. The van der Waals surface area contributed by atoms with Crippen molar-refractivity contribution in [3.05, 3.63) is 0 Å². The average Bonchev–Trinajstić information content (AvgIpc) is 2.92. The highest BCUT2D eigenvalue weighted by molar-refractivity contribution is 4.92. The summed E-state index contributed by atoms with van der Waals surface area (Å²) in [4.78, 5) is 2.74. The Morgan fingerprint density at radius 3 is 2.39 bits per heavy atom. The van der Waals surface area contributed by atoms with E-state index in [2.05, 4.69) is 31.1 Å². The lowest BCUT2D eigenvalue weighted by Gasteiger charge is -2.44. The molecule has 0 aliphatic heterocycles. The first-order valence-electron chi connectivity index (χ1n) is 8.21. The molecule has 3 unspecified atom stereocenters. The van der Waals surface area contributed by atoms with Crippen molar-refractivity contribution in [2.24, 2.45) is 5.92 Å². The van der Waals surface area contributed by atoms with Crippen LogP contribution in [0, 0.1) is 5.92 Å². The van der Waals surface area contributed by atoms with Gasteiger partial charge in [0.1, 0.15) is 0 Å². The van der Waals surface area contributed by atoms with Gasteiger partial charge in [-0.3, -0.25) is 4.90 Å². The molecule has 0 aromatic heterocycles. The molecule has 2 heteroatoms. The van der Waals surface area contributed by atoms with Gasteiger partial charge in [0.25, 0.3) is 0 Å². The first-order chi connectivity index (χ1) is 8.76. The second kappa shape index (κ2) is 6.91. The van der Waals surface area contributed by atoms with Gasteiger partial charge in [-0.25, -0.2) is 0 Å². The minimum absolute atomic E-state index is 0.739. The normalized spacial score (nSPS) is 34.3. The molecule has 2 nitrogen and oxygen atoms in total. The number of nitrogens with one attached hydrogen (secondary N) is 1. The molecule has 0 radical (unpaired) electrons. The van der Waals surface area contributed by atoms with Gasteiger partial charge >= 0.3 is 0 Å². The van der Waals surface area contributed by atoms with E-state index in [-0.39, 0.29) is 0 Å². The van der Waals surface area contributed by atoms with Gasteiger partial charge < -0.3 is 5.32 Å². The van der Waals surface area contributed by atoms with Gasteiger partial charge in [-0.05, 0) is 51.6 Å². The zero-order chi connectivity index (χ0) is 13.0. The fraction of sp³-hybridized carbons (Fsp3) is 1.00. The highest BCUT2D eigenvalue weighted by Gasteiger charge is 2.35. The second-order valence-corrected chi connectivity index (χ2v) is 6.42. The fourth-order valence-corrected chi connectivity index (χ4v) is 4.13. The molecule has 0 saturated heterocycles. The van der Waals surface area contributed by atoms with E-state index in [0.29, 0.717) is 0 Å². The highest BCUT2D eigenvalue weighted by atomic mass is 15.2. The third-order valence-corrected chi connectivity index (χ3v) is 5.39. The van der Waals surface area contributed by atoms with Crippen molar-refractivity contribution < 1.29 is 0 Å². The maximum Gasteiger partial charge on any atom is 0.0251 e. The molecule has 2 rings (SSSR count). The summed E-state index contributed by atoms with van der Waals surface area (Å²) < 4.78 is 0. The Labute approximate surface area is 114 Å². The molecule has 2 fully saturated rings. The minimum atomic E-state index is 0.739. The lowest BCUT2D eigenvalue weighted by Crippen LogP contribution is -2.54. The molecule has 0 amide bonds. The summed E-state index contributed by atoms with van der Waals surface area (Å²) in [7, 11) is 2.39. The first-order valence-corrected chi connectivity index (χ1v) is 8.21. The van der Waals surface area contributed by atoms with Gasteiger partial charge in [-0.15, -0.1) is 0 Å². The number of nitrogens with zero attached hydrogens (tertiary/aromatic N) is 1. The standard InChI is InChI=1S/C16H32N2/c1-4-13-10-11-15(17-5-2)16(12-13)18(3)14-8-6-7-9-14/h13-17H,4-12H2,1-3H3. The third-order valence-electron chi connectivity index (χ3n) is 5.39. The number of hydrogen-bond acceptors (Lipinski definition) is 2. The van der Waals surface area contributed by atoms with Crippen molar-refractivity contribution in [2.75, 3.05) is 13.6 Å². The highest BCUT2D eigenvalue weighted by Crippen LogP contribution is 2.33. The Balaban J connectivity index is 1.98. The minimum Gasteiger partial charge on any atom is -0.313 e. The van der Waals surface area contributed by atoms with E-state index in [4.69, 9.17) is 0 Å². The van der Waals surface area contributed by atoms with Crippen LogP contribution in [-0.2, 0) is 0 Å². The quantitative estimate of drug-likeness (QED) is 0.806. The van der Waals surface area contributed by atoms with Crippen molar-refractivity contribution in [3.8, 4) is 0 Å². The van der Waals surface area contributed by atoms with Crippen LogP contribution in [0.15, 0.2) is 0 Å². The Bertz CT molecular complexity index is 235. The molecule has 1 N–H and O–H groups in total. The van der Waals surface area contributed by atoms with Crippen LogP contribution in [-0.4, -0.2) is 36.6 Å². The van der Waals surface area contributed by atoms with Crippen LogP contribution < -0.4 is 5.32 Å². The lowest BCUT2D eigenvalue weighted by atomic mass is 9.80. The predicted octanol–water partition coefficient (Wildman–Crippen LogP) is 3.42. The maximum atomic E-state index is 3.74. The monoisotopic (exact) mass is 252 g/mol. The Morgan fingerprint density at radius 1 is 1.06 bits per heavy atom. The van der Waals surface area contributed by atoms with Crippen molar-refractivity contribution in [1.29, 1.82) is 0 Å². The number of likely N-dealkylation sites (N-methyl/N-ethyl adjacent to an activating group) is 2. The Morgan fingerprint density at radius 2 is 1.78 bits per heavy atom. The molecule has 0 bridgehead atoms. The van der Waals surface area contributed by atoms with E-state index in [0.717, 1.165) is 30.6 Å². The van der Waals surface area contributed by atoms with Gasteiger partial charge in [-0.2, -0.15) is 0 Å². The average molecular weight is 252 g/mol. The van der Waals surface area contributed by atoms with Gasteiger partial charge in [0.15, 0.2) is 0 Å². The molecule has 2 aliphatic rings. The lowest BCUT2D eigenvalue weighted by molar-refractivity contribution is 0.0848. The smallest absolute Gasteiger partial charge is 0.0251 e. The van der Waals surface area contributed by atoms with Crippen LogP contribution in [0.3, 0.4) is 0 Å². The summed E-state index contributed by atoms with van der Waals surface area (Å²) in [6, 6.07) is 2.39. The second-order valence-electron chi connectivity index (χ2n) is 6.42. The third kappa shape index (κ3) is 3.27. The molecular formula is C16H32N2. The van der Waals surface area contributed by atoms with Gasteiger partial charge in [-0.1, -0.05) is 33.1 Å². The van der Waals surface area contributed by atoms with Crippen LogP contribution in [0.25, 0.3) is 0 Å². The molecule has 0 aromatic rings. The fourth-order valence-electron chi connectivity index (χ4n) is 4.13. The molecule has 0 spiro atoms. The van der Waals surface area contributed by atoms with E-state index in [1.807, 2.05) is 0 Å². The SMILES string of the molecule is CCNC1CCC(CC)CC1N(C)C1CCCC1. The zero-order valence-electron chi connectivity index (χ0n) is 12.6. The topological polar surface area (TPSA) is 15.3 Å². The van der Waals surface area contributed by atoms with Gasteiger partial charge in [0.2, 0.25) is 0 Å². The first kappa shape index (κ1) is 14.3. The van der Waals surface area contributed by atoms with Crippen LogP contribution in [0.1, 0.15) is 65.2 Å². The summed E-state index contributed by atoms with van der Waals surface area (Å²) in [5, 5.41) is 3.74. The van der Waals surface area contributed by atoms with Crippen LogP contribution in [0.4, 0.5) is 0 Å². The van der Waals surface area contributed by atoms with Crippen LogP contribution in [0.2, 0.25) is 0 Å². The van der Waals surface area contributed by atoms with Crippen molar-refractivity contribution in [3.63, 3.8) is 0 Å². The van der Waals surface area contributed by atoms with Crippen molar-refractivity contribution >= 4 is 0 Å².